The summed E-state index contributed by atoms with van der Waals surface area (Å²) in [5, 5.41) is 2.98. The first-order chi connectivity index (χ1) is 11.3. The molecule has 1 amide bonds. The summed E-state index contributed by atoms with van der Waals surface area (Å²) in [4.78, 5) is 18.8. The fraction of sp³-hybridized carbons (Fsp3) is 0.444. The van der Waals surface area contributed by atoms with E-state index < -0.39 is 0 Å². The van der Waals surface area contributed by atoms with Crippen LogP contribution in [0, 0.1) is 0 Å². The van der Waals surface area contributed by atoms with Crippen LogP contribution in [-0.4, -0.2) is 18.0 Å². The van der Waals surface area contributed by atoms with Gasteiger partial charge in [0.05, 0.1) is 12.0 Å². The van der Waals surface area contributed by atoms with Crippen LogP contribution in [0.1, 0.15) is 51.4 Å². The lowest BCUT2D eigenvalue weighted by atomic mass is 10.00. The van der Waals surface area contributed by atoms with E-state index in [1.165, 1.54) is 36.1 Å². The van der Waals surface area contributed by atoms with Crippen molar-refractivity contribution in [3.05, 3.63) is 45.3 Å². The fourth-order valence-corrected chi connectivity index (χ4v) is 4.03. The van der Waals surface area contributed by atoms with Crippen molar-refractivity contribution < 1.29 is 9.53 Å². The Morgan fingerprint density at radius 3 is 2.83 bits per heavy atom. The summed E-state index contributed by atoms with van der Waals surface area (Å²) < 4.78 is 5.03. The van der Waals surface area contributed by atoms with Crippen LogP contribution >= 0.6 is 11.3 Å². The zero-order chi connectivity index (χ0) is 16.1. The second-order valence-corrected chi connectivity index (χ2v) is 7.00. The molecule has 0 aliphatic heterocycles. The Morgan fingerprint density at radius 1 is 1.26 bits per heavy atom. The molecule has 0 radical (unpaired) electrons. The van der Waals surface area contributed by atoms with Crippen LogP contribution in [0.25, 0.3) is 0 Å². The highest BCUT2D eigenvalue weighted by atomic mass is 32.1. The molecular weight excluding hydrogens is 308 g/mol. The number of hydrogen-bond donors (Lipinski definition) is 1. The standard InChI is InChI=1S/C18H22N2O2S/c1-22-17-9-8-13(11-19-17)12-20-18(21)16-10-14-6-4-2-3-5-7-15(14)23-16/h8-11H,2-7,12H2,1H3,(H,20,21). The lowest BCUT2D eigenvalue weighted by Crippen LogP contribution is -2.21. The molecule has 2 aromatic rings. The van der Waals surface area contributed by atoms with Crippen LogP contribution in [0.4, 0.5) is 0 Å². The molecule has 0 saturated heterocycles. The van der Waals surface area contributed by atoms with Crippen molar-refractivity contribution in [3.8, 4) is 5.88 Å². The van der Waals surface area contributed by atoms with Crippen molar-refractivity contribution in [2.24, 2.45) is 0 Å². The van der Waals surface area contributed by atoms with Crippen molar-refractivity contribution in [2.75, 3.05) is 7.11 Å². The zero-order valence-electron chi connectivity index (χ0n) is 13.4. The van der Waals surface area contributed by atoms with Crippen LogP contribution in [0.15, 0.2) is 24.4 Å². The van der Waals surface area contributed by atoms with Gasteiger partial charge in [0.25, 0.3) is 5.91 Å². The molecule has 0 spiro atoms. The van der Waals surface area contributed by atoms with E-state index in [9.17, 15) is 4.79 Å². The molecule has 4 nitrogen and oxygen atoms in total. The SMILES string of the molecule is COc1ccc(CNC(=O)c2cc3c(s2)CCCCCC3)cn1. The molecule has 0 saturated carbocycles. The van der Waals surface area contributed by atoms with E-state index >= 15 is 0 Å². The molecule has 23 heavy (non-hydrogen) atoms. The quantitative estimate of drug-likeness (QED) is 0.929. The van der Waals surface area contributed by atoms with E-state index in [-0.39, 0.29) is 5.91 Å². The van der Waals surface area contributed by atoms with Gasteiger partial charge in [-0.1, -0.05) is 18.9 Å². The molecule has 1 N–H and O–H groups in total. The van der Waals surface area contributed by atoms with Crippen LogP contribution in [0.2, 0.25) is 0 Å². The lowest BCUT2D eigenvalue weighted by Gasteiger charge is -2.07. The molecule has 0 atom stereocenters. The lowest BCUT2D eigenvalue weighted by molar-refractivity contribution is 0.0955. The average molecular weight is 330 g/mol. The molecule has 122 valence electrons. The zero-order valence-corrected chi connectivity index (χ0v) is 14.2. The smallest absolute Gasteiger partial charge is 0.261 e. The maximum absolute atomic E-state index is 12.4. The third-order valence-electron chi connectivity index (χ3n) is 4.18. The number of carbonyl (C=O) groups is 1. The number of aryl methyl sites for hydroxylation is 2. The van der Waals surface area contributed by atoms with Crippen LogP contribution in [0.3, 0.4) is 0 Å². The second-order valence-electron chi connectivity index (χ2n) is 5.86. The van der Waals surface area contributed by atoms with Gasteiger partial charge in [0.15, 0.2) is 0 Å². The Kier molecular flexibility index (Phi) is 5.28. The maximum Gasteiger partial charge on any atom is 0.261 e. The van der Waals surface area contributed by atoms with Gasteiger partial charge >= 0.3 is 0 Å². The molecule has 0 bridgehead atoms. The Labute approximate surface area is 140 Å². The summed E-state index contributed by atoms with van der Waals surface area (Å²) in [6, 6.07) is 5.81. The molecule has 2 aromatic heterocycles. The molecule has 1 aliphatic carbocycles. The van der Waals surface area contributed by atoms with Crippen molar-refractivity contribution >= 4 is 17.2 Å². The average Bonchev–Trinajstić information content (AvgIpc) is 2.95. The Bertz CT molecular complexity index is 639. The van der Waals surface area contributed by atoms with Crippen LogP contribution in [-0.2, 0) is 19.4 Å². The first-order valence-electron chi connectivity index (χ1n) is 8.15. The molecule has 0 aromatic carbocycles. The van der Waals surface area contributed by atoms with E-state index in [1.807, 2.05) is 6.07 Å². The van der Waals surface area contributed by atoms with E-state index in [0.717, 1.165) is 23.3 Å². The fourth-order valence-electron chi connectivity index (χ4n) is 2.86. The summed E-state index contributed by atoms with van der Waals surface area (Å²) >= 11 is 1.66. The van der Waals surface area contributed by atoms with Gasteiger partial charge in [0, 0.05) is 23.7 Å². The number of ether oxygens (including phenoxy) is 1. The number of amides is 1. The number of nitrogens with zero attached hydrogens (tertiary/aromatic N) is 1. The normalized spacial score (nSPS) is 14.5. The summed E-state index contributed by atoms with van der Waals surface area (Å²) in [6.07, 6.45) is 9.06. The first-order valence-corrected chi connectivity index (χ1v) is 8.96. The van der Waals surface area contributed by atoms with Crippen LogP contribution < -0.4 is 10.1 Å². The topological polar surface area (TPSA) is 51.2 Å². The van der Waals surface area contributed by atoms with Crippen molar-refractivity contribution in [3.63, 3.8) is 0 Å². The van der Waals surface area contributed by atoms with Gasteiger partial charge in [-0.3, -0.25) is 4.79 Å². The number of nitrogens with one attached hydrogen (secondary N) is 1. The maximum atomic E-state index is 12.4. The van der Waals surface area contributed by atoms with E-state index in [4.69, 9.17) is 4.74 Å². The van der Waals surface area contributed by atoms with Gasteiger partial charge in [-0.2, -0.15) is 0 Å². The number of aromatic nitrogens is 1. The van der Waals surface area contributed by atoms with E-state index in [0.29, 0.717) is 12.4 Å². The third-order valence-corrected chi connectivity index (χ3v) is 5.42. The monoisotopic (exact) mass is 330 g/mol. The summed E-state index contributed by atoms with van der Waals surface area (Å²) in [5.74, 6) is 0.593. The van der Waals surface area contributed by atoms with Gasteiger partial charge in [-0.25, -0.2) is 4.98 Å². The number of fused-ring (bicyclic) bond motifs is 1. The van der Waals surface area contributed by atoms with Crippen molar-refractivity contribution in [2.45, 2.75) is 45.1 Å². The molecule has 2 heterocycles. The second kappa shape index (κ2) is 7.59. The highest BCUT2D eigenvalue weighted by molar-refractivity contribution is 7.14. The number of thiophene rings is 1. The molecule has 0 unspecified atom stereocenters. The summed E-state index contributed by atoms with van der Waals surface area (Å²) in [6.45, 7) is 0.485. The highest BCUT2D eigenvalue weighted by Crippen LogP contribution is 2.28. The summed E-state index contributed by atoms with van der Waals surface area (Å²) in [7, 11) is 1.59. The summed E-state index contributed by atoms with van der Waals surface area (Å²) in [5.41, 5.74) is 2.35. The largest absolute Gasteiger partial charge is 0.481 e. The van der Waals surface area contributed by atoms with Gasteiger partial charge in [-0.15, -0.1) is 11.3 Å². The minimum atomic E-state index is 0.0116. The minimum Gasteiger partial charge on any atom is -0.481 e. The van der Waals surface area contributed by atoms with Gasteiger partial charge in [0.2, 0.25) is 5.88 Å². The molecular formula is C18H22N2O2S. The Balaban J connectivity index is 1.62. The predicted molar refractivity (Wildman–Crippen MR) is 92.2 cm³/mol. The van der Waals surface area contributed by atoms with Crippen molar-refractivity contribution in [1.82, 2.24) is 10.3 Å². The van der Waals surface area contributed by atoms with Gasteiger partial charge in [-0.05, 0) is 42.9 Å². The minimum absolute atomic E-state index is 0.0116. The molecule has 5 heteroatoms. The number of rotatable bonds is 4. The first kappa shape index (κ1) is 16.0. The van der Waals surface area contributed by atoms with E-state index in [2.05, 4.69) is 16.4 Å². The number of carbonyl (C=O) groups excluding carboxylic acids is 1. The number of hydrogen-bond acceptors (Lipinski definition) is 4. The highest BCUT2D eigenvalue weighted by Gasteiger charge is 2.15. The molecule has 3 rings (SSSR count). The Hall–Kier alpha value is -1.88. The van der Waals surface area contributed by atoms with E-state index in [1.54, 1.807) is 30.7 Å². The molecule has 1 aliphatic rings. The Morgan fingerprint density at radius 2 is 2.09 bits per heavy atom. The number of pyridine rings is 1. The van der Waals surface area contributed by atoms with Crippen molar-refractivity contribution in [1.29, 1.82) is 0 Å². The van der Waals surface area contributed by atoms with Gasteiger partial charge < -0.3 is 10.1 Å². The molecule has 0 fully saturated rings. The third kappa shape index (κ3) is 4.10. The van der Waals surface area contributed by atoms with Gasteiger partial charge in [0.1, 0.15) is 0 Å². The number of methoxy groups -OCH3 is 1. The predicted octanol–water partition coefficient (Wildman–Crippen LogP) is 3.74. The van der Waals surface area contributed by atoms with Crippen LogP contribution in [0.5, 0.6) is 5.88 Å².